The molecule has 1 aliphatic heterocycles. The van der Waals surface area contributed by atoms with Gasteiger partial charge in [0.1, 0.15) is 0 Å². The van der Waals surface area contributed by atoms with Gasteiger partial charge in [0.15, 0.2) is 0 Å². The second-order valence-corrected chi connectivity index (χ2v) is 7.55. The molecule has 1 saturated heterocycles. The summed E-state index contributed by atoms with van der Waals surface area (Å²) in [5.41, 5.74) is 0.607. The molecule has 0 radical (unpaired) electrons. The quantitative estimate of drug-likeness (QED) is 0.895. The molecule has 1 N–H and O–H groups in total. The molecule has 1 aliphatic rings. The normalized spacial score (nSPS) is 22.6. The topological polar surface area (TPSA) is 49.4 Å². The summed E-state index contributed by atoms with van der Waals surface area (Å²) in [7, 11) is 1.64. The van der Waals surface area contributed by atoms with Gasteiger partial charge in [-0.1, -0.05) is 0 Å². The SMILES string of the molecule is CNC(=O)C1(C)CCN(C(=O)c2cc(C)c(Br)s2)C1. The molecule has 104 valence electrons. The van der Waals surface area contributed by atoms with Crippen LogP contribution in [0.15, 0.2) is 9.85 Å². The van der Waals surface area contributed by atoms with E-state index in [9.17, 15) is 9.59 Å². The van der Waals surface area contributed by atoms with E-state index in [2.05, 4.69) is 21.2 Å². The van der Waals surface area contributed by atoms with Crippen LogP contribution in [-0.4, -0.2) is 36.9 Å². The predicted octanol–water partition coefficient (Wildman–Crippen LogP) is 2.42. The maximum Gasteiger partial charge on any atom is 0.264 e. The number of halogens is 1. The van der Waals surface area contributed by atoms with Crippen LogP contribution in [0.2, 0.25) is 0 Å². The zero-order chi connectivity index (χ0) is 14.2. The van der Waals surface area contributed by atoms with Crippen molar-refractivity contribution in [2.75, 3.05) is 20.1 Å². The Kier molecular flexibility index (Phi) is 4.01. The summed E-state index contributed by atoms with van der Waals surface area (Å²) < 4.78 is 0.990. The van der Waals surface area contributed by atoms with E-state index in [1.54, 1.807) is 11.9 Å². The first-order valence-corrected chi connectivity index (χ1v) is 7.76. The maximum absolute atomic E-state index is 12.4. The number of carbonyl (C=O) groups excluding carboxylic acids is 2. The molecular formula is C13H17BrN2O2S. The largest absolute Gasteiger partial charge is 0.359 e. The highest BCUT2D eigenvalue weighted by atomic mass is 79.9. The van der Waals surface area contributed by atoms with Gasteiger partial charge in [-0.05, 0) is 47.8 Å². The molecule has 1 atom stereocenters. The van der Waals surface area contributed by atoms with Gasteiger partial charge in [-0.25, -0.2) is 0 Å². The van der Waals surface area contributed by atoms with E-state index in [1.165, 1.54) is 11.3 Å². The van der Waals surface area contributed by atoms with Crippen molar-refractivity contribution in [1.29, 1.82) is 0 Å². The number of thiophene rings is 1. The van der Waals surface area contributed by atoms with E-state index < -0.39 is 5.41 Å². The third-order valence-electron chi connectivity index (χ3n) is 3.60. The van der Waals surface area contributed by atoms with Crippen LogP contribution in [0.3, 0.4) is 0 Å². The Morgan fingerprint density at radius 1 is 1.53 bits per heavy atom. The van der Waals surface area contributed by atoms with Gasteiger partial charge in [0.2, 0.25) is 5.91 Å². The second-order valence-electron chi connectivity index (χ2n) is 5.18. The van der Waals surface area contributed by atoms with Crippen LogP contribution >= 0.6 is 27.3 Å². The number of nitrogens with zero attached hydrogens (tertiary/aromatic N) is 1. The minimum absolute atomic E-state index is 0.00587. The van der Waals surface area contributed by atoms with Gasteiger partial charge in [-0.2, -0.15) is 0 Å². The Labute approximate surface area is 125 Å². The van der Waals surface area contributed by atoms with Crippen LogP contribution in [-0.2, 0) is 4.79 Å². The zero-order valence-electron chi connectivity index (χ0n) is 11.2. The summed E-state index contributed by atoms with van der Waals surface area (Å²) in [5, 5.41) is 2.68. The lowest BCUT2D eigenvalue weighted by Gasteiger charge is -2.22. The Morgan fingerprint density at radius 2 is 2.21 bits per heavy atom. The third kappa shape index (κ3) is 2.69. The van der Waals surface area contributed by atoms with Crippen LogP contribution < -0.4 is 5.32 Å². The molecule has 0 saturated carbocycles. The average molecular weight is 345 g/mol. The highest BCUT2D eigenvalue weighted by Gasteiger charge is 2.41. The third-order valence-corrected chi connectivity index (χ3v) is 5.73. The van der Waals surface area contributed by atoms with E-state index in [1.807, 2.05) is 19.9 Å². The molecule has 0 aliphatic carbocycles. The van der Waals surface area contributed by atoms with E-state index in [-0.39, 0.29) is 11.8 Å². The van der Waals surface area contributed by atoms with Gasteiger partial charge in [-0.3, -0.25) is 9.59 Å². The number of carbonyl (C=O) groups is 2. The fourth-order valence-corrected chi connectivity index (χ4v) is 3.85. The Bertz CT molecular complexity index is 509. The van der Waals surface area contributed by atoms with Gasteiger partial charge >= 0.3 is 0 Å². The molecule has 0 aromatic carbocycles. The van der Waals surface area contributed by atoms with Crippen LogP contribution in [0.4, 0.5) is 0 Å². The Morgan fingerprint density at radius 3 is 2.74 bits per heavy atom. The van der Waals surface area contributed by atoms with Crippen LogP contribution in [0.1, 0.15) is 28.6 Å². The minimum atomic E-state index is -0.464. The molecule has 1 fully saturated rings. The van der Waals surface area contributed by atoms with E-state index >= 15 is 0 Å². The molecule has 1 aromatic heterocycles. The van der Waals surface area contributed by atoms with Crippen molar-refractivity contribution in [2.24, 2.45) is 5.41 Å². The first-order chi connectivity index (χ1) is 8.87. The van der Waals surface area contributed by atoms with Crippen LogP contribution in [0.25, 0.3) is 0 Å². The van der Waals surface area contributed by atoms with Crippen molar-refractivity contribution < 1.29 is 9.59 Å². The molecule has 1 aromatic rings. The smallest absolute Gasteiger partial charge is 0.264 e. The lowest BCUT2D eigenvalue weighted by Crippen LogP contribution is -2.40. The minimum Gasteiger partial charge on any atom is -0.359 e. The van der Waals surface area contributed by atoms with Crippen molar-refractivity contribution in [1.82, 2.24) is 10.2 Å². The highest BCUT2D eigenvalue weighted by Crippen LogP contribution is 2.33. The molecule has 2 heterocycles. The summed E-state index contributed by atoms with van der Waals surface area (Å²) in [6.45, 7) is 5.00. The summed E-state index contributed by atoms with van der Waals surface area (Å²) in [6, 6.07) is 1.90. The molecular weight excluding hydrogens is 328 g/mol. The predicted molar refractivity (Wildman–Crippen MR) is 79.5 cm³/mol. The summed E-state index contributed by atoms with van der Waals surface area (Å²) in [4.78, 5) is 26.7. The first kappa shape index (κ1) is 14.5. The zero-order valence-corrected chi connectivity index (χ0v) is 13.7. The van der Waals surface area contributed by atoms with Gasteiger partial charge in [-0.15, -0.1) is 11.3 Å². The standard InChI is InChI=1S/C13H17BrN2O2S/c1-8-6-9(19-10(8)14)11(17)16-5-4-13(2,7-16)12(18)15-3/h6H,4-5,7H2,1-3H3,(H,15,18). The molecule has 0 spiro atoms. The molecule has 4 nitrogen and oxygen atoms in total. The molecule has 1 unspecified atom stereocenters. The molecule has 6 heteroatoms. The number of nitrogens with one attached hydrogen (secondary N) is 1. The number of rotatable bonds is 2. The lowest BCUT2D eigenvalue weighted by molar-refractivity contribution is -0.128. The van der Waals surface area contributed by atoms with Crippen molar-refractivity contribution in [3.8, 4) is 0 Å². The van der Waals surface area contributed by atoms with Gasteiger partial charge < -0.3 is 10.2 Å². The van der Waals surface area contributed by atoms with Crippen LogP contribution in [0.5, 0.6) is 0 Å². The van der Waals surface area contributed by atoms with Gasteiger partial charge in [0.25, 0.3) is 5.91 Å². The number of aryl methyl sites for hydroxylation is 1. The number of amides is 2. The van der Waals surface area contributed by atoms with Gasteiger partial charge in [0, 0.05) is 20.1 Å². The summed E-state index contributed by atoms with van der Waals surface area (Å²) >= 11 is 4.88. The molecule has 2 rings (SSSR count). The van der Waals surface area contributed by atoms with Crippen LogP contribution in [0, 0.1) is 12.3 Å². The summed E-state index contributed by atoms with van der Waals surface area (Å²) in [5.74, 6) is 0.0257. The van der Waals surface area contributed by atoms with E-state index in [4.69, 9.17) is 0 Å². The number of hydrogen-bond acceptors (Lipinski definition) is 3. The molecule has 0 bridgehead atoms. The Balaban J connectivity index is 2.13. The number of hydrogen-bond donors (Lipinski definition) is 1. The number of likely N-dealkylation sites (tertiary alicyclic amines) is 1. The second kappa shape index (κ2) is 5.25. The molecule has 2 amide bonds. The van der Waals surface area contributed by atoms with E-state index in [0.717, 1.165) is 14.2 Å². The van der Waals surface area contributed by atoms with Crippen molar-refractivity contribution in [2.45, 2.75) is 20.3 Å². The van der Waals surface area contributed by atoms with Crippen molar-refractivity contribution in [3.05, 3.63) is 20.3 Å². The average Bonchev–Trinajstić information content (AvgIpc) is 2.93. The first-order valence-electron chi connectivity index (χ1n) is 6.15. The lowest BCUT2D eigenvalue weighted by atomic mass is 9.89. The monoisotopic (exact) mass is 344 g/mol. The maximum atomic E-state index is 12.4. The highest BCUT2D eigenvalue weighted by molar-refractivity contribution is 9.11. The summed E-state index contributed by atoms with van der Waals surface area (Å²) in [6.07, 6.45) is 0.712. The van der Waals surface area contributed by atoms with Gasteiger partial charge in [0.05, 0.1) is 14.1 Å². The van der Waals surface area contributed by atoms with Crippen molar-refractivity contribution in [3.63, 3.8) is 0 Å². The fourth-order valence-electron chi connectivity index (χ4n) is 2.34. The van der Waals surface area contributed by atoms with E-state index in [0.29, 0.717) is 19.5 Å². The Hall–Kier alpha value is -0.880. The fraction of sp³-hybridized carbons (Fsp3) is 0.538. The molecule has 19 heavy (non-hydrogen) atoms. The van der Waals surface area contributed by atoms with Crippen molar-refractivity contribution >= 4 is 39.1 Å².